The Labute approximate surface area is 119 Å². The van der Waals surface area contributed by atoms with Crippen molar-refractivity contribution in [2.45, 2.75) is 38.1 Å². The van der Waals surface area contributed by atoms with E-state index in [-0.39, 0.29) is 6.61 Å². The number of anilines is 2. The lowest BCUT2D eigenvalue weighted by Crippen LogP contribution is -2.22. The van der Waals surface area contributed by atoms with E-state index in [2.05, 4.69) is 11.2 Å². The quantitative estimate of drug-likeness (QED) is 0.502. The molecular weight excluding hydrogens is 252 g/mol. The van der Waals surface area contributed by atoms with Crippen molar-refractivity contribution in [1.82, 2.24) is 0 Å². The monoisotopic (exact) mass is 272 g/mol. The molecule has 1 fully saturated rings. The standard InChI is InChI=1S/C16H20N2O2/c1-2-10-20-16(19)12-8-9-15(14(17)11-12)18-13-6-4-3-5-7-13/h1,8-9,11,13,18H,3-7,10,17H2. The van der Waals surface area contributed by atoms with E-state index in [0.29, 0.717) is 17.3 Å². The van der Waals surface area contributed by atoms with Gasteiger partial charge in [-0.2, -0.15) is 0 Å². The minimum absolute atomic E-state index is 0.0270. The molecule has 0 heterocycles. The molecule has 1 aromatic rings. The number of hydrogen-bond donors (Lipinski definition) is 2. The van der Waals surface area contributed by atoms with Crippen molar-refractivity contribution in [2.24, 2.45) is 0 Å². The highest BCUT2D eigenvalue weighted by Crippen LogP contribution is 2.26. The fraction of sp³-hybridized carbons (Fsp3) is 0.438. The number of nitrogens with one attached hydrogen (secondary N) is 1. The van der Waals surface area contributed by atoms with Crippen molar-refractivity contribution in [3.63, 3.8) is 0 Å². The fourth-order valence-electron chi connectivity index (χ4n) is 2.48. The number of benzene rings is 1. The van der Waals surface area contributed by atoms with Gasteiger partial charge in [0.1, 0.15) is 0 Å². The van der Waals surface area contributed by atoms with Crippen LogP contribution in [0, 0.1) is 12.3 Å². The predicted octanol–water partition coefficient (Wildman–Crippen LogP) is 2.80. The zero-order valence-corrected chi connectivity index (χ0v) is 11.5. The summed E-state index contributed by atoms with van der Waals surface area (Å²) in [6.07, 6.45) is 11.2. The Morgan fingerprint density at radius 3 is 2.80 bits per heavy atom. The summed E-state index contributed by atoms with van der Waals surface area (Å²) in [5.41, 5.74) is 7.86. The molecule has 2 rings (SSSR count). The zero-order chi connectivity index (χ0) is 14.4. The van der Waals surface area contributed by atoms with Gasteiger partial charge in [0.05, 0.1) is 16.9 Å². The lowest BCUT2D eigenvalue weighted by Gasteiger charge is -2.24. The van der Waals surface area contributed by atoms with E-state index in [0.717, 1.165) is 5.69 Å². The van der Waals surface area contributed by atoms with Gasteiger partial charge in [0, 0.05) is 6.04 Å². The minimum Gasteiger partial charge on any atom is -0.449 e. The van der Waals surface area contributed by atoms with E-state index in [1.807, 2.05) is 6.07 Å². The van der Waals surface area contributed by atoms with Gasteiger partial charge < -0.3 is 15.8 Å². The highest BCUT2D eigenvalue weighted by Gasteiger charge is 2.15. The minimum atomic E-state index is -0.445. The van der Waals surface area contributed by atoms with Gasteiger partial charge in [-0.3, -0.25) is 0 Å². The number of nitrogens with two attached hydrogens (primary N) is 1. The summed E-state index contributed by atoms with van der Waals surface area (Å²) in [6.45, 7) is -0.0270. The van der Waals surface area contributed by atoms with Gasteiger partial charge in [-0.25, -0.2) is 4.79 Å². The second kappa shape index (κ2) is 6.85. The average Bonchev–Trinajstić information content (AvgIpc) is 2.48. The summed E-state index contributed by atoms with van der Waals surface area (Å²) in [7, 11) is 0. The Balaban J connectivity index is 2.01. The molecule has 1 aliphatic rings. The first kappa shape index (κ1) is 14.3. The Morgan fingerprint density at radius 1 is 1.40 bits per heavy atom. The van der Waals surface area contributed by atoms with Gasteiger partial charge in [0.2, 0.25) is 0 Å². The van der Waals surface area contributed by atoms with Gasteiger partial charge in [0.25, 0.3) is 0 Å². The topological polar surface area (TPSA) is 64.3 Å². The molecule has 0 unspecified atom stereocenters. The van der Waals surface area contributed by atoms with Crippen molar-refractivity contribution >= 4 is 17.3 Å². The molecule has 1 aromatic carbocycles. The second-order valence-corrected chi connectivity index (χ2v) is 5.06. The molecule has 0 spiro atoms. The molecular formula is C16H20N2O2. The number of rotatable bonds is 4. The number of terminal acetylenes is 1. The van der Waals surface area contributed by atoms with E-state index in [4.69, 9.17) is 16.9 Å². The van der Waals surface area contributed by atoms with Crippen molar-refractivity contribution in [3.8, 4) is 12.3 Å². The molecule has 0 amide bonds. The maximum Gasteiger partial charge on any atom is 0.339 e. The number of carbonyl (C=O) groups is 1. The van der Waals surface area contributed by atoms with Crippen LogP contribution in [0.25, 0.3) is 0 Å². The number of hydrogen-bond acceptors (Lipinski definition) is 4. The fourth-order valence-corrected chi connectivity index (χ4v) is 2.48. The number of nitrogen functional groups attached to an aromatic ring is 1. The summed E-state index contributed by atoms with van der Waals surface area (Å²) >= 11 is 0. The maximum atomic E-state index is 11.7. The Kier molecular flexibility index (Phi) is 4.89. The molecule has 3 N–H and O–H groups in total. The molecule has 0 atom stereocenters. The molecule has 1 saturated carbocycles. The number of ether oxygens (including phenoxy) is 1. The third-order valence-corrected chi connectivity index (χ3v) is 3.54. The molecule has 0 bridgehead atoms. The predicted molar refractivity (Wildman–Crippen MR) is 80.5 cm³/mol. The molecule has 4 nitrogen and oxygen atoms in total. The van der Waals surface area contributed by atoms with Crippen LogP contribution in [0.15, 0.2) is 18.2 Å². The van der Waals surface area contributed by atoms with Crippen molar-refractivity contribution in [1.29, 1.82) is 0 Å². The summed E-state index contributed by atoms with van der Waals surface area (Å²) in [5.74, 6) is 1.82. The van der Waals surface area contributed by atoms with Gasteiger partial charge in [-0.1, -0.05) is 25.2 Å². The van der Waals surface area contributed by atoms with Crippen LogP contribution in [-0.2, 0) is 4.74 Å². The van der Waals surface area contributed by atoms with E-state index >= 15 is 0 Å². The van der Waals surface area contributed by atoms with Crippen LogP contribution < -0.4 is 11.1 Å². The number of esters is 1. The molecule has 0 radical (unpaired) electrons. The number of carbonyl (C=O) groups excluding carboxylic acids is 1. The van der Waals surface area contributed by atoms with E-state index in [1.165, 1.54) is 32.1 Å². The summed E-state index contributed by atoms with van der Waals surface area (Å²) in [6, 6.07) is 5.64. The van der Waals surface area contributed by atoms with Gasteiger partial charge in [-0.15, -0.1) is 6.42 Å². The van der Waals surface area contributed by atoms with Crippen LogP contribution in [0.5, 0.6) is 0 Å². The SMILES string of the molecule is C#CCOC(=O)c1ccc(NC2CCCCC2)c(N)c1. The van der Waals surface area contributed by atoms with Crippen LogP contribution in [-0.4, -0.2) is 18.6 Å². The Morgan fingerprint density at radius 2 is 2.15 bits per heavy atom. The van der Waals surface area contributed by atoms with E-state index in [9.17, 15) is 4.79 Å². The van der Waals surface area contributed by atoms with Crippen LogP contribution in [0.4, 0.5) is 11.4 Å². The first-order valence-corrected chi connectivity index (χ1v) is 6.97. The van der Waals surface area contributed by atoms with Crippen molar-refractivity contribution in [2.75, 3.05) is 17.7 Å². The van der Waals surface area contributed by atoms with E-state index in [1.54, 1.807) is 12.1 Å². The third kappa shape index (κ3) is 3.67. The lowest BCUT2D eigenvalue weighted by atomic mass is 9.95. The molecule has 1 aliphatic carbocycles. The van der Waals surface area contributed by atoms with Gasteiger partial charge >= 0.3 is 5.97 Å². The molecule has 106 valence electrons. The molecule has 0 aliphatic heterocycles. The van der Waals surface area contributed by atoms with Gasteiger partial charge in [-0.05, 0) is 31.0 Å². The van der Waals surface area contributed by atoms with Crippen LogP contribution >= 0.6 is 0 Å². The molecule has 4 heteroatoms. The largest absolute Gasteiger partial charge is 0.449 e. The first-order chi connectivity index (χ1) is 9.70. The normalized spacial score (nSPS) is 15.3. The highest BCUT2D eigenvalue weighted by atomic mass is 16.5. The average molecular weight is 272 g/mol. The van der Waals surface area contributed by atoms with Gasteiger partial charge in [0.15, 0.2) is 6.61 Å². The van der Waals surface area contributed by atoms with E-state index < -0.39 is 5.97 Å². The summed E-state index contributed by atoms with van der Waals surface area (Å²) in [4.78, 5) is 11.7. The van der Waals surface area contributed by atoms with Crippen LogP contribution in [0.2, 0.25) is 0 Å². The second-order valence-electron chi connectivity index (χ2n) is 5.06. The maximum absolute atomic E-state index is 11.7. The summed E-state index contributed by atoms with van der Waals surface area (Å²) < 4.78 is 4.87. The highest BCUT2D eigenvalue weighted by molar-refractivity contribution is 5.92. The summed E-state index contributed by atoms with van der Waals surface area (Å²) in [5, 5.41) is 3.45. The van der Waals surface area contributed by atoms with Crippen LogP contribution in [0.1, 0.15) is 42.5 Å². The molecule has 0 aromatic heterocycles. The third-order valence-electron chi connectivity index (χ3n) is 3.54. The smallest absolute Gasteiger partial charge is 0.339 e. The van der Waals surface area contributed by atoms with Crippen molar-refractivity contribution < 1.29 is 9.53 Å². The Bertz CT molecular complexity index is 514. The first-order valence-electron chi connectivity index (χ1n) is 6.97. The molecule has 20 heavy (non-hydrogen) atoms. The lowest BCUT2D eigenvalue weighted by molar-refractivity contribution is 0.0557. The van der Waals surface area contributed by atoms with Crippen LogP contribution in [0.3, 0.4) is 0 Å². The Hall–Kier alpha value is -2.15. The molecule has 0 saturated heterocycles. The van der Waals surface area contributed by atoms with Crippen molar-refractivity contribution in [3.05, 3.63) is 23.8 Å². The zero-order valence-electron chi connectivity index (χ0n) is 11.5.